The summed E-state index contributed by atoms with van der Waals surface area (Å²) < 4.78 is 4.58. The second-order valence-electron chi connectivity index (χ2n) is 2.94. The largest absolute Gasteiger partial charge is 0.465 e. The van der Waals surface area contributed by atoms with E-state index in [4.69, 9.17) is 11.8 Å². The van der Waals surface area contributed by atoms with E-state index in [1.54, 1.807) is 12.1 Å². The number of nitrogens with one attached hydrogen (secondary N) is 1. The summed E-state index contributed by atoms with van der Waals surface area (Å²) in [7, 11) is 1.36. The maximum atomic E-state index is 11.1. The standard InChI is InChI=1S/C10H12ClNO2/c1-7(12-11)8-3-5-9(6-4-8)10(13)14-2/h3-7,12H,1-2H3/t7-/m1/s1. The van der Waals surface area contributed by atoms with Crippen molar-refractivity contribution in [3.05, 3.63) is 35.4 Å². The molecule has 0 spiro atoms. The summed E-state index contributed by atoms with van der Waals surface area (Å²) in [5.41, 5.74) is 1.56. The molecule has 0 aliphatic heterocycles. The Morgan fingerprint density at radius 3 is 2.43 bits per heavy atom. The molecule has 0 saturated heterocycles. The third-order valence-electron chi connectivity index (χ3n) is 2.00. The second-order valence-corrected chi connectivity index (χ2v) is 3.16. The molecule has 0 radical (unpaired) electrons. The van der Waals surface area contributed by atoms with Crippen LogP contribution >= 0.6 is 11.8 Å². The summed E-state index contributed by atoms with van der Waals surface area (Å²) in [5, 5.41) is 0. The molecule has 1 N–H and O–H groups in total. The number of methoxy groups -OCH3 is 1. The molecule has 0 aromatic heterocycles. The number of ether oxygens (including phenoxy) is 1. The van der Waals surface area contributed by atoms with Crippen molar-refractivity contribution in [2.45, 2.75) is 13.0 Å². The summed E-state index contributed by atoms with van der Waals surface area (Å²) in [6.07, 6.45) is 0. The summed E-state index contributed by atoms with van der Waals surface area (Å²) in [6, 6.07) is 7.17. The third kappa shape index (κ3) is 2.47. The lowest BCUT2D eigenvalue weighted by Crippen LogP contribution is -2.07. The Morgan fingerprint density at radius 2 is 2.00 bits per heavy atom. The molecule has 1 aromatic carbocycles. The maximum Gasteiger partial charge on any atom is 0.337 e. The van der Waals surface area contributed by atoms with Crippen molar-refractivity contribution in [3.8, 4) is 0 Å². The first-order valence-corrected chi connectivity index (χ1v) is 4.61. The van der Waals surface area contributed by atoms with Gasteiger partial charge in [-0.1, -0.05) is 12.1 Å². The lowest BCUT2D eigenvalue weighted by atomic mass is 10.1. The summed E-state index contributed by atoms with van der Waals surface area (Å²) in [5.74, 6) is -0.331. The van der Waals surface area contributed by atoms with Crippen LogP contribution in [0.1, 0.15) is 28.9 Å². The molecule has 3 nitrogen and oxygen atoms in total. The fourth-order valence-electron chi connectivity index (χ4n) is 1.09. The van der Waals surface area contributed by atoms with E-state index in [0.717, 1.165) is 5.56 Å². The summed E-state index contributed by atoms with van der Waals surface area (Å²) >= 11 is 5.47. The number of hydrogen-bond acceptors (Lipinski definition) is 3. The molecule has 0 amide bonds. The maximum absolute atomic E-state index is 11.1. The van der Waals surface area contributed by atoms with Gasteiger partial charge in [0.2, 0.25) is 0 Å². The van der Waals surface area contributed by atoms with Gasteiger partial charge in [0, 0.05) is 6.04 Å². The van der Waals surface area contributed by atoms with Gasteiger partial charge in [-0.2, -0.15) is 0 Å². The molecule has 14 heavy (non-hydrogen) atoms. The van der Waals surface area contributed by atoms with Crippen molar-refractivity contribution in [2.75, 3.05) is 7.11 Å². The minimum absolute atomic E-state index is 0.0587. The monoisotopic (exact) mass is 213 g/mol. The summed E-state index contributed by atoms with van der Waals surface area (Å²) in [6.45, 7) is 1.93. The number of carbonyl (C=O) groups excluding carboxylic acids is 1. The van der Waals surface area contributed by atoms with Gasteiger partial charge in [0.15, 0.2) is 0 Å². The first-order valence-electron chi connectivity index (χ1n) is 4.23. The fourth-order valence-corrected chi connectivity index (χ4v) is 1.21. The number of carbonyl (C=O) groups is 1. The molecule has 1 aromatic rings. The van der Waals surface area contributed by atoms with Crippen LogP contribution in [0.3, 0.4) is 0 Å². The Morgan fingerprint density at radius 1 is 1.43 bits per heavy atom. The summed E-state index contributed by atoms with van der Waals surface area (Å²) in [4.78, 5) is 13.7. The number of benzene rings is 1. The van der Waals surface area contributed by atoms with Crippen LogP contribution in [0.15, 0.2) is 24.3 Å². The predicted octanol–water partition coefficient (Wildman–Crippen LogP) is 2.28. The highest BCUT2D eigenvalue weighted by Gasteiger charge is 2.06. The average molecular weight is 214 g/mol. The van der Waals surface area contributed by atoms with Gasteiger partial charge in [-0.3, -0.25) is 0 Å². The number of rotatable bonds is 3. The van der Waals surface area contributed by atoms with Gasteiger partial charge in [0.05, 0.1) is 12.7 Å². The molecular weight excluding hydrogens is 202 g/mol. The van der Waals surface area contributed by atoms with Crippen molar-refractivity contribution >= 4 is 17.7 Å². The van der Waals surface area contributed by atoms with E-state index in [9.17, 15) is 4.79 Å². The minimum Gasteiger partial charge on any atom is -0.465 e. The van der Waals surface area contributed by atoms with Crippen molar-refractivity contribution in [2.24, 2.45) is 0 Å². The Balaban J connectivity index is 2.83. The van der Waals surface area contributed by atoms with Gasteiger partial charge in [-0.25, -0.2) is 9.63 Å². The van der Waals surface area contributed by atoms with Crippen LogP contribution in [-0.4, -0.2) is 13.1 Å². The number of esters is 1. The van der Waals surface area contributed by atoms with Crippen molar-refractivity contribution in [1.82, 2.24) is 4.84 Å². The molecule has 1 atom stereocenters. The fraction of sp³-hybridized carbons (Fsp3) is 0.300. The lowest BCUT2D eigenvalue weighted by Gasteiger charge is -2.08. The SMILES string of the molecule is COC(=O)c1ccc([C@@H](C)NCl)cc1. The first kappa shape index (κ1) is 11.0. The molecule has 4 heteroatoms. The van der Waals surface area contributed by atoms with Crippen LogP contribution in [0.4, 0.5) is 0 Å². The van der Waals surface area contributed by atoms with Crippen LogP contribution < -0.4 is 4.84 Å². The van der Waals surface area contributed by atoms with Crippen LogP contribution in [0.25, 0.3) is 0 Å². The van der Waals surface area contributed by atoms with E-state index in [-0.39, 0.29) is 12.0 Å². The number of halogens is 1. The van der Waals surface area contributed by atoms with E-state index >= 15 is 0 Å². The van der Waals surface area contributed by atoms with Crippen LogP contribution in [-0.2, 0) is 4.74 Å². The average Bonchev–Trinajstić information content (AvgIpc) is 2.27. The molecule has 1 rings (SSSR count). The first-order chi connectivity index (χ1) is 6.69. The normalized spacial score (nSPS) is 12.2. The van der Waals surface area contributed by atoms with Gasteiger partial charge >= 0.3 is 5.97 Å². The molecule has 76 valence electrons. The molecule has 0 fully saturated rings. The smallest absolute Gasteiger partial charge is 0.337 e. The molecule has 0 saturated carbocycles. The Hall–Kier alpha value is -1.06. The van der Waals surface area contributed by atoms with Crippen LogP contribution in [0, 0.1) is 0 Å². The highest BCUT2D eigenvalue weighted by atomic mass is 35.5. The Bertz CT molecular complexity index is 310. The van der Waals surface area contributed by atoms with E-state index < -0.39 is 0 Å². The lowest BCUT2D eigenvalue weighted by molar-refractivity contribution is 0.0600. The van der Waals surface area contributed by atoms with Gasteiger partial charge in [0.1, 0.15) is 0 Å². The van der Waals surface area contributed by atoms with E-state index in [0.29, 0.717) is 5.56 Å². The Kier molecular flexibility index (Phi) is 3.92. The molecule has 0 unspecified atom stereocenters. The zero-order valence-corrected chi connectivity index (χ0v) is 8.84. The highest BCUT2D eigenvalue weighted by Crippen LogP contribution is 2.14. The van der Waals surface area contributed by atoms with Gasteiger partial charge in [0.25, 0.3) is 0 Å². The van der Waals surface area contributed by atoms with E-state index in [1.807, 2.05) is 19.1 Å². The highest BCUT2D eigenvalue weighted by molar-refractivity contribution is 6.13. The van der Waals surface area contributed by atoms with Crippen LogP contribution in [0.5, 0.6) is 0 Å². The van der Waals surface area contributed by atoms with Gasteiger partial charge < -0.3 is 4.74 Å². The molecule has 0 aliphatic rings. The second kappa shape index (κ2) is 4.98. The van der Waals surface area contributed by atoms with Gasteiger partial charge in [-0.15, -0.1) is 0 Å². The zero-order valence-electron chi connectivity index (χ0n) is 8.08. The van der Waals surface area contributed by atoms with Crippen molar-refractivity contribution in [1.29, 1.82) is 0 Å². The van der Waals surface area contributed by atoms with Crippen molar-refractivity contribution in [3.63, 3.8) is 0 Å². The van der Waals surface area contributed by atoms with Crippen LogP contribution in [0.2, 0.25) is 0 Å². The third-order valence-corrected chi connectivity index (χ3v) is 2.32. The van der Waals surface area contributed by atoms with E-state index in [2.05, 4.69) is 9.57 Å². The van der Waals surface area contributed by atoms with E-state index in [1.165, 1.54) is 7.11 Å². The zero-order chi connectivity index (χ0) is 10.6. The Labute approximate surface area is 88.1 Å². The number of hydrogen-bond donors (Lipinski definition) is 1. The van der Waals surface area contributed by atoms with Crippen molar-refractivity contribution < 1.29 is 9.53 Å². The molecular formula is C10H12ClNO2. The molecule has 0 heterocycles. The van der Waals surface area contributed by atoms with Gasteiger partial charge in [-0.05, 0) is 36.4 Å². The molecule has 0 bridgehead atoms. The minimum atomic E-state index is -0.331. The topological polar surface area (TPSA) is 38.3 Å². The predicted molar refractivity (Wildman–Crippen MR) is 55.2 cm³/mol. The molecule has 0 aliphatic carbocycles. The quantitative estimate of drug-likeness (QED) is 0.619.